The van der Waals surface area contributed by atoms with Crippen molar-refractivity contribution in [3.8, 4) is 0 Å². The molecule has 0 fully saturated rings. The van der Waals surface area contributed by atoms with Crippen LogP contribution in [0.25, 0.3) is 0 Å². The van der Waals surface area contributed by atoms with Gasteiger partial charge in [-0.05, 0) is 18.2 Å². The summed E-state index contributed by atoms with van der Waals surface area (Å²) in [4.78, 5) is 10.0. The smallest absolute Gasteiger partial charge is 0.177 e. The lowest BCUT2D eigenvalue weighted by Gasteiger charge is -2.21. The Morgan fingerprint density at radius 2 is 2.05 bits per heavy atom. The highest BCUT2D eigenvalue weighted by atomic mass is 32.2. The van der Waals surface area contributed by atoms with Gasteiger partial charge in [-0.2, -0.15) is 0 Å². The highest BCUT2D eigenvalue weighted by Gasteiger charge is 2.13. The molecule has 0 aromatic carbocycles. The van der Waals surface area contributed by atoms with Crippen molar-refractivity contribution in [1.29, 1.82) is 0 Å². The van der Waals surface area contributed by atoms with Crippen molar-refractivity contribution in [2.75, 3.05) is 24.7 Å². The average Bonchev–Trinajstić information content (AvgIpc) is 2.47. The minimum atomic E-state index is -3.25. The maximum absolute atomic E-state index is 11.4. The number of likely N-dealkylation sites (N-methyl/N-ethyl adjacent to an activating group) is 1. The number of rotatable bonds is 5. The Morgan fingerprint density at radius 1 is 1.29 bits per heavy atom. The zero-order valence-corrected chi connectivity index (χ0v) is 12.7. The van der Waals surface area contributed by atoms with Crippen LogP contribution in [0.3, 0.4) is 0 Å². The molecule has 0 spiro atoms. The first-order valence-electron chi connectivity index (χ1n) is 6.33. The first kappa shape index (κ1) is 15.4. The molecule has 6 nitrogen and oxygen atoms in total. The minimum Gasteiger partial charge on any atom is -0.386 e. The number of hydrogen-bond donors (Lipinski definition) is 1. The van der Waals surface area contributed by atoms with Gasteiger partial charge in [0.2, 0.25) is 0 Å². The quantitative estimate of drug-likeness (QED) is 0.889. The van der Waals surface area contributed by atoms with Crippen LogP contribution in [-0.4, -0.2) is 43.3 Å². The fourth-order valence-corrected chi connectivity index (χ4v) is 2.41. The van der Waals surface area contributed by atoms with Crippen LogP contribution < -0.4 is 4.90 Å². The molecule has 112 valence electrons. The Morgan fingerprint density at radius 3 is 2.57 bits per heavy atom. The monoisotopic (exact) mass is 307 g/mol. The molecule has 0 saturated heterocycles. The number of aliphatic hydroxyl groups is 1. The molecular weight excluding hydrogens is 290 g/mol. The normalized spacial score (nSPS) is 12.9. The van der Waals surface area contributed by atoms with Crippen molar-refractivity contribution in [1.82, 2.24) is 9.97 Å². The predicted octanol–water partition coefficient (Wildman–Crippen LogP) is 1.05. The van der Waals surface area contributed by atoms with Gasteiger partial charge in [0.15, 0.2) is 9.84 Å². The zero-order chi connectivity index (χ0) is 15.5. The molecule has 0 radical (unpaired) electrons. The maximum atomic E-state index is 11.4. The highest BCUT2D eigenvalue weighted by molar-refractivity contribution is 7.90. The second kappa shape index (κ2) is 6.19. The zero-order valence-electron chi connectivity index (χ0n) is 11.8. The van der Waals surface area contributed by atoms with Crippen molar-refractivity contribution < 1.29 is 13.5 Å². The molecule has 2 rings (SSSR count). The van der Waals surface area contributed by atoms with Crippen LogP contribution >= 0.6 is 0 Å². The highest BCUT2D eigenvalue weighted by Crippen LogP contribution is 2.17. The van der Waals surface area contributed by atoms with E-state index in [1.807, 2.05) is 0 Å². The van der Waals surface area contributed by atoms with Crippen LogP contribution in [0, 0.1) is 0 Å². The topological polar surface area (TPSA) is 83.4 Å². The number of aliphatic hydroxyl groups excluding tert-OH is 1. The molecule has 1 atom stereocenters. The second-order valence-electron chi connectivity index (χ2n) is 4.81. The van der Waals surface area contributed by atoms with Gasteiger partial charge in [-0.25, -0.2) is 13.4 Å². The number of hydrogen-bond acceptors (Lipinski definition) is 6. The van der Waals surface area contributed by atoms with E-state index in [0.717, 1.165) is 11.8 Å². The van der Waals surface area contributed by atoms with E-state index in [0.29, 0.717) is 12.4 Å². The van der Waals surface area contributed by atoms with E-state index in [1.165, 1.54) is 12.3 Å². The fourth-order valence-electron chi connectivity index (χ4n) is 1.85. The summed E-state index contributed by atoms with van der Waals surface area (Å²) in [5.74, 6) is 0.588. The number of nitrogens with zero attached hydrogens (tertiary/aromatic N) is 3. The largest absolute Gasteiger partial charge is 0.386 e. The fraction of sp³-hybridized carbons (Fsp3) is 0.286. The molecule has 0 saturated carbocycles. The summed E-state index contributed by atoms with van der Waals surface area (Å²) in [7, 11) is -1.47. The Kier molecular flexibility index (Phi) is 4.54. The first-order valence-corrected chi connectivity index (χ1v) is 8.22. The summed E-state index contributed by atoms with van der Waals surface area (Å²) in [6.07, 6.45) is 5.02. The summed E-state index contributed by atoms with van der Waals surface area (Å²) in [5, 5.41) is 10.1. The summed E-state index contributed by atoms with van der Waals surface area (Å²) >= 11 is 0. The molecule has 7 heteroatoms. The van der Waals surface area contributed by atoms with Crippen LogP contribution in [0.15, 0.2) is 47.8 Å². The van der Waals surface area contributed by atoms with Gasteiger partial charge in [0.1, 0.15) is 5.82 Å². The van der Waals surface area contributed by atoms with Gasteiger partial charge in [0, 0.05) is 44.0 Å². The molecule has 21 heavy (non-hydrogen) atoms. The first-order chi connectivity index (χ1) is 9.88. The van der Waals surface area contributed by atoms with Crippen LogP contribution in [0.2, 0.25) is 0 Å². The van der Waals surface area contributed by atoms with Crippen molar-refractivity contribution in [3.63, 3.8) is 0 Å². The van der Waals surface area contributed by atoms with Gasteiger partial charge in [0.25, 0.3) is 0 Å². The molecule has 0 bridgehead atoms. The van der Waals surface area contributed by atoms with E-state index in [9.17, 15) is 13.5 Å². The molecular formula is C14H17N3O3S. The molecule has 2 aromatic rings. The number of sulfone groups is 1. The summed E-state index contributed by atoms with van der Waals surface area (Å²) in [6, 6.07) is 6.68. The number of pyridine rings is 2. The molecule has 0 amide bonds. The van der Waals surface area contributed by atoms with E-state index in [1.54, 1.807) is 42.5 Å². The molecule has 2 heterocycles. The van der Waals surface area contributed by atoms with Gasteiger partial charge < -0.3 is 10.0 Å². The molecule has 0 aliphatic carbocycles. The Balaban J connectivity index is 2.08. The van der Waals surface area contributed by atoms with Crippen molar-refractivity contribution in [3.05, 3.63) is 48.4 Å². The van der Waals surface area contributed by atoms with E-state index in [-0.39, 0.29) is 4.90 Å². The Labute approximate surface area is 124 Å². The SMILES string of the molecule is CN(CC(O)c1cccnc1)c1ccc(S(C)(=O)=O)cn1. The predicted molar refractivity (Wildman–Crippen MR) is 79.8 cm³/mol. The van der Waals surface area contributed by atoms with E-state index >= 15 is 0 Å². The molecule has 2 aromatic heterocycles. The average molecular weight is 307 g/mol. The summed E-state index contributed by atoms with van der Waals surface area (Å²) in [5.41, 5.74) is 0.720. The third-order valence-corrected chi connectivity index (χ3v) is 4.15. The molecule has 0 aliphatic heterocycles. The van der Waals surface area contributed by atoms with Gasteiger partial charge >= 0.3 is 0 Å². The molecule has 1 N–H and O–H groups in total. The lowest BCUT2D eigenvalue weighted by atomic mass is 10.1. The third kappa shape index (κ3) is 3.99. The van der Waals surface area contributed by atoms with Gasteiger partial charge in [-0.3, -0.25) is 4.98 Å². The van der Waals surface area contributed by atoms with Gasteiger partial charge in [0.05, 0.1) is 11.0 Å². The van der Waals surface area contributed by atoms with E-state index in [4.69, 9.17) is 0 Å². The lowest BCUT2D eigenvalue weighted by Crippen LogP contribution is -2.25. The van der Waals surface area contributed by atoms with Crippen LogP contribution in [0.4, 0.5) is 5.82 Å². The van der Waals surface area contributed by atoms with E-state index < -0.39 is 15.9 Å². The van der Waals surface area contributed by atoms with Crippen LogP contribution in [0.1, 0.15) is 11.7 Å². The minimum absolute atomic E-state index is 0.174. The molecule has 0 aliphatic rings. The number of aromatic nitrogens is 2. The van der Waals surface area contributed by atoms with Crippen LogP contribution in [-0.2, 0) is 9.84 Å². The third-order valence-electron chi connectivity index (χ3n) is 3.06. The van der Waals surface area contributed by atoms with Crippen molar-refractivity contribution in [2.24, 2.45) is 0 Å². The standard InChI is InChI=1S/C14H17N3O3S/c1-17(10-13(18)11-4-3-7-15-8-11)14-6-5-12(9-16-14)21(2,19)20/h3-9,13,18H,10H2,1-2H3. The second-order valence-corrected chi connectivity index (χ2v) is 6.82. The lowest BCUT2D eigenvalue weighted by molar-refractivity contribution is 0.184. The maximum Gasteiger partial charge on any atom is 0.177 e. The van der Waals surface area contributed by atoms with E-state index in [2.05, 4.69) is 9.97 Å². The number of anilines is 1. The van der Waals surface area contributed by atoms with Crippen molar-refractivity contribution in [2.45, 2.75) is 11.0 Å². The Hall–Kier alpha value is -1.99. The van der Waals surface area contributed by atoms with Crippen LogP contribution in [0.5, 0.6) is 0 Å². The summed E-state index contributed by atoms with van der Waals surface area (Å²) in [6.45, 7) is 0.330. The van der Waals surface area contributed by atoms with Crippen molar-refractivity contribution >= 4 is 15.7 Å². The molecule has 1 unspecified atom stereocenters. The Bertz CT molecular complexity index is 687. The summed E-state index contributed by atoms with van der Waals surface area (Å²) < 4.78 is 22.8. The van der Waals surface area contributed by atoms with Gasteiger partial charge in [-0.1, -0.05) is 6.07 Å². The van der Waals surface area contributed by atoms with Gasteiger partial charge in [-0.15, -0.1) is 0 Å².